The Morgan fingerprint density at radius 3 is 2.36 bits per heavy atom. The highest BCUT2D eigenvalue weighted by Crippen LogP contribution is 2.47. The molecule has 1 aromatic rings. The van der Waals surface area contributed by atoms with Gasteiger partial charge in [0, 0.05) is 18.4 Å². The first-order valence-electron chi connectivity index (χ1n) is 8.46. The van der Waals surface area contributed by atoms with Gasteiger partial charge < -0.3 is 9.47 Å². The molecule has 1 amide bonds. The molecule has 3 rings (SSSR count). The smallest absolute Gasteiger partial charge is 0.415 e. The molecule has 0 N–H and O–H groups in total. The molecule has 0 radical (unpaired) electrons. The van der Waals surface area contributed by atoms with Gasteiger partial charge >= 0.3 is 6.09 Å². The number of carbonyl (C=O) groups is 3. The Morgan fingerprint density at radius 2 is 1.80 bits per heavy atom. The lowest BCUT2D eigenvalue weighted by Crippen LogP contribution is -2.56. The summed E-state index contributed by atoms with van der Waals surface area (Å²) < 4.78 is 10.8. The number of ether oxygens (including phenoxy) is 2. The molecule has 0 atom stereocenters. The van der Waals surface area contributed by atoms with Crippen molar-refractivity contribution in [2.45, 2.75) is 57.6 Å². The third-order valence-electron chi connectivity index (χ3n) is 4.75. The maximum absolute atomic E-state index is 13.2. The first-order valence-corrected chi connectivity index (χ1v) is 8.46. The predicted octanol–water partition coefficient (Wildman–Crippen LogP) is 3.51. The molecular formula is C19H23NO5. The van der Waals surface area contributed by atoms with Gasteiger partial charge in [-0.1, -0.05) is 0 Å². The number of benzene rings is 1. The van der Waals surface area contributed by atoms with E-state index >= 15 is 0 Å². The number of Topliss-reactive ketones (excluding diaryl/α,β-unsaturated/α-hetero) is 2. The Bertz CT molecular complexity index is 737. The molecule has 0 bridgehead atoms. The lowest BCUT2D eigenvalue weighted by Gasteiger charge is -2.40. The van der Waals surface area contributed by atoms with Gasteiger partial charge in [0.2, 0.25) is 0 Å². The van der Waals surface area contributed by atoms with Gasteiger partial charge in [-0.2, -0.15) is 0 Å². The summed E-state index contributed by atoms with van der Waals surface area (Å²) in [7, 11) is 1.53. The van der Waals surface area contributed by atoms with Crippen LogP contribution in [0.25, 0.3) is 0 Å². The van der Waals surface area contributed by atoms with Crippen LogP contribution in [0.2, 0.25) is 0 Å². The van der Waals surface area contributed by atoms with Crippen molar-refractivity contribution in [3.8, 4) is 5.75 Å². The summed E-state index contributed by atoms with van der Waals surface area (Å²) in [6.07, 6.45) is 0.660. The van der Waals surface area contributed by atoms with Crippen LogP contribution >= 0.6 is 0 Å². The number of methoxy groups -OCH3 is 1. The average Bonchev–Trinajstić information content (AvgIpc) is 2.77. The summed E-state index contributed by atoms with van der Waals surface area (Å²) in [6.45, 7) is 5.36. The van der Waals surface area contributed by atoms with Crippen LogP contribution in [0.5, 0.6) is 5.75 Å². The fraction of sp³-hybridized carbons (Fsp3) is 0.526. The molecular weight excluding hydrogens is 322 g/mol. The second-order valence-electron chi connectivity index (χ2n) is 7.60. The van der Waals surface area contributed by atoms with Gasteiger partial charge in [-0.3, -0.25) is 14.5 Å². The molecule has 2 aliphatic rings. The maximum atomic E-state index is 13.2. The SMILES string of the molecule is COc1ccc2c(c1)C(=O)C1(CCC(=O)CC1)N2C(=O)OC(C)(C)C. The number of hydrogen-bond acceptors (Lipinski definition) is 5. The van der Waals surface area contributed by atoms with Crippen molar-refractivity contribution in [3.63, 3.8) is 0 Å². The van der Waals surface area contributed by atoms with Crippen molar-refractivity contribution >= 4 is 23.3 Å². The first-order chi connectivity index (χ1) is 11.7. The molecule has 1 aromatic carbocycles. The van der Waals surface area contributed by atoms with Crippen molar-refractivity contribution in [2.75, 3.05) is 12.0 Å². The van der Waals surface area contributed by atoms with Crippen molar-refractivity contribution in [3.05, 3.63) is 23.8 Å². The van der Waals surface area contributed by atoms with Crippen molar-refractivity contribution < 1.29 is 23.9 Å². The fourth-order valence-electron chi connectivity index (χ4n) is 3.58. The van der Waals surface area contributed by atoms with E-state index in [1.807, 2.05) is 0 Å². The van der Waals surface area contributed by atoms with Gasteiger partial charge in [0.15, 0.2) is 5.78 Å². The summed E-state index contributed by atoms with van der Waals surface area (Å²) in [5.41, 5.74) is -0.750. The second kappa shape index (κ2) is 5.86. The highest BCUT2D eigenvalue weighted by molar-refractivity contribution is 6.20. The van der Waals surface area contributed by atoms with Crippen molar-refractivity contribution in [2.24, 2.45) is 0 Å². The van der Waals surface area contributed by atoms with E-state index in [1.165, 1.54) is 12.0 Å². The third kappa shape index (κ3) is 2.90. The van der Waals surface area contributed by atoms with Gasteiger partial charge in [0.05, 0.1) is 12.8 Å². The summed E-state index contributed by atoms with van der Waals surface area (Å²) in [4.78, 5) is 39.3. The first kappa shape index (κ1) is 17.5. The molecule has 0 saturated heterocycles. The number of amides is 1. The van der Waals surface area contributed by atoms with Crippen molar-refractivity contribution in [1.29, 1.82) is 0 Å². The van der Waals surface area contributed by atoms with E-state index in [0.29, 0.717) is 29.8 Å². The molecule has 0 unspecified atom stereocenters. The number of carbonyl (C=O) groups excluding carboxylic acids is 3. The van der Waals surface area contributed by atoms with Crippen LogP contribution in [0.15, 0.2) is 18.2 Å². The van der Waals surface area contributed by atoms with Crippen LogP contribution < -0.4 is 9.64 Å². The van der Waals surface area contributed by atoms with E-state index < -0.39 is 17.2 Å². The largest absolute Gasteiger partial charge is 0.497 e. The van der Waals surface area contributed by atoms with Crippen LogP contribution in [-0.4, -0.2) is 35.9 Å². The molecule has 1 spiro atoms. The van der Waals surface area contributed by atoms with Crippen LogP contribution in [0, 0.1) is 0 Å². The van der Waals surface area contributed by atoms with E-state index in [0.717, 1.165) is 0 Å². The van der Waals surface area contributed by atoms with E-state index in [1.54, 1.807) is 39.0 Å². The number of fused-ring (bicyclic) bond motifs is 1. The zero-order chi connectivity index (χ0) is 18.4. The molecule has 1 saturated carbocycles. The molecule has 0 aromatic heterocycles. The maximum Gasteiger partial charge on any atom is 0.415 e. The number of ketones is 2. The highest BCUT2D eigenvalue weighted by Gasteiger charge is 2.56. The Labute approximate surface area is 147 Å². The molecule has 1 fully saturated rings. The summed E-state index contributed by atoms with van der Waals surface area (Å²) in [6, 6.07) is 5.08. The minimum atomic E-state index is -1.04. The van der Waals surface area contributed by atoms with Gasteiger partial charge in [0.25, 0.3) is 0 Å². The molecule has 6 nitrogen and oxygen atoms in total. The minimum Gasteiger partial charge on any atom is -0.497 e. The average molecular weight is 345 g/mol. The summed E-state index contributed by atoms with van der Waals surface area (Å²) >= 11 is 0. The second-order valence-corrected chi connectivity index (χ2v) is 7.60. The van der Waals surface area contributed by atoms with Crippen molar-refractivity contribution in [1.82, 2.24) is 0 Å². The Balaban J connectivity index is 2.09. The van der Waals surface area contributed by atoms with Gasteiger partial charge in [-0.15, -0.1) is 0 Å². The van der Waals surface area contributed by atoms with Gasteiger partial charge in [0.1, 0.15) is 22.7 Å². The van der Waals surface area contributed by atoms with Crippen LogP contribution in [0.4, 0.5) is 10.5 Å². The fourth-order valence-corrected chi connectivity index (χ4v) is 3.58. The standard InChI is InChI=1S/C19H23NO5/c1-18(2,3)25-17(23)20-15-6-5-13(24-4)11-14(15)16(22)19(20)9-7-12(21)8-10-19/h5-6,11H,7-10H2,1-4H3. The Hall–Kier alpha value is -2.37. The third-order valence-corrected chi connectivity index (χ3v) is 4.75. The Kier molecular flexibility index (Phi) is 4.09. The lowest BCUT2D eigenvalue weighted by molar-refractivity contribution is -0.120. The predicted molar refractivity (Wildman–Crippen MR) is 92.2 cm³/mol. The summed E-state index contributed by atoms with van der Waals surface area (Å²) in [5.74, 6) is 0.538. The van der Waals surface area contributed by atoms with Crippen LogP contribution in [-0.2, 0) is 9.53 Å². The van der Waals surface area contributed by atoms with Crippen LogP contribution in [0.3, 0.4) is 0 Å². The topological polar surface area (TPSA) is 72.9 Å². The highest BCUT2D eigenvalue weighted by atomic mass is 16.6. The number of hydrogen-bond donors (Lipinski definition) is 0. The minimum absolute atomic E-state index is 0.121. The van der Waals surface area contributed by atoms with Crippen LogP contribution in [0.1, 0.15) is 56.8 Å². The number of anilines is 1. The Morgan fingerprint density at radius 1 is 1.16 bits per heavy atom. The van der Waals surface area contributed by atoms with Gasteiger partial charge in [-0.25, -0.2) is 4.79 Å². The number of rotatable bonds is 1. The normalized spacial score (nSPS) is 19.1. The molecule has 1 aliphatic heterocycles. The molecule has 6 heteroatoms. The van der Waals surface area contributed by atoms with E-state index in [-0.39, 0.29) is 24.4 Å². The molecule has 1 heterocycles. The zero-order valence-electron chi connectivity index (χ0n) is 15.0. The van der Waals surface area contributed by atoms with Gasteiger partial charge in [-0.05, 0) is 51.8 Å². The van der Waals surface area contributed by atoms with E-state index in [9.17, 15) is 14.4 Å². The molecule has 25 heavy (non-hydrogen) atoms. The molecule has 134 valence electrons. The molecule has 1 aliphatic carbocycles. The summed E-state index contributed by atoms with van der Waals surface area (Å²) in [5, 5.41) is 0. The monoisotopic (exact) mass is 345 g/mol. The quantitative estimate of drug-likeness (QED) is 0.779. The zero-order valence-corrected chi connectivity index (χ0v) is 15.0. The lowest BCUT2D eigenvalue weighted by atomic mass is 9.77. The van der Waals surface area contributed by atoms with E-state index in [4.69, 9.17) is 9.47 Å². The number of nitrogens with zero attached hydrogens (tertiary/aromatic N) is 1. The van der Waals surface area contributed by atoms with E-state index in [2.05, 4.69) is 0 Å².